The van der Waals surface area contributed by atoms with Crippen LogP contribution >= 0.6 is 11.6 Å². The molecule has 0 aliphatic rings. The monoisotopic (exact) mass is 617 g/mol. The number of nitrogens with zero attached hydrogens (tertiary/aromatic N) is 2. The van der Waals surface area contributed by atoms with Gasteiger partial charge in [-0.05, 0) is 100 Å². The molecule has 0 bridgehead atoms. The van der Waals surface area contributed by atoms with Gasteiger partial charge in [0.25, 0.3) is 10.0 Å². The number of carbonyl (C=O) groups excluding carboxylic acids is 2. The van der Waals surface area contributed by atoms with Crippen LogP contribution in [0.4, 0.5) is 10.1 Å². The third-order valence-electron chi connectivity index (χ3n) is 6.27. The van der Waals surface area contributed by atoms with E-state index >= 15 is 0 Å². The molecule has 0 heterocycles. The highest BCUT2D eigenvalue weighted by atomic mass is 35.5. The average Bonchev–Trinajstić information content (AvgIpc) is 2.92. The Kier molecular flexibility index (Phi) is 11.0. The molecule has 0 spiro atoms. The molecule has 11 heteroatoms. The van der Waals surface area contributed by atoms with Crippen LogP contribution in [-0.4, -0.2) is 49.9 Å². The number of hydrogen-bond acceptors (Lipinski definition) is 5. The lowest BCUT2D eigenvalue weighted by Crippen LogP contribution is -2.55. The second-order valence-electron chi connectivity index (χ2n) is 10.7. The van der Waals surface area contributed by atoms with Gasteiger partial charge in [-0.15, -0.1) is 0 Å². The first-order valence-corrected chi connectivity index (χ1v) is 15.4. The van der Waals surface area contributed by atoms with Crippen molar-refractivity contribution in [3.63, 3.8) is 0 Å². The SMILES string of the molecule is CCOc1ccc(N(CC(=O)N(Cc2ccc(Cl)cc2)[C@H](CC)C(=O)NC(C)(C)C)S(=O)(=O)c2ccc(F)cc2)cc1. The first-order chi connectivity index (χ1) is 19.7. The number of hydrogen-bond donors (Lipinski definition) is 1. The molecular weight excluding hydrogens is 581 g/mol. The molecule has 0 aromatic heterocycles. The maximum absolute atomic E-state index is 14.1. The third kappa shape index (κ3) is 8.69. The van der Waals surface area contributed by atoms with Crippen LogP contribution in [0.5, 0.6) is 5.75 Å². The van der Waals surface area contributed by atoms with E-state index in [0.29, 0.717) is 22.9 Å². The van der Waals surface area contributed by atoms with Crippen LogP contribution in [-0.2, 0) is 26.2 Å². The minimum absolute atomic E-state index is 0.0415. The summed E-state index contributed by atoms with van der Waals surface area (Å²) in [4.78, 5) is 28.7. The summed E-state index contributed by atoms with van der Waals surface area (Å²) in [6.07, 6.45) is 0.287. The number of nitrogens with one attached hydrogen (secondary N) is 1. The van der Waals surface area contributed by atoms with E-state index in [2.05, 4.69) is 5.32 Å². The van der Waals surface area contributed by atoms with Crippen LogP contribution in [0, 0.1) is 5.82 Å². The zero-order valence-corrected chi connectivity index (χ0v) is 26.0. The molecule has 0 aliphatic carbocycles. The quantitative estimate of drug-likeness (QED) is 0.277. The van der Waals surface area contributed by atoms with Gasteiger partial charge < -0.3 is 15.0 Å². The Morgan fingerprint density at radius 3 is 2.07 bits per heavy atom. The summed E-state index contributed by atoms with van der Waals surface area (Å²) in [6.45, 7) is 8.98. The standard InChI is InChI=1S/C31H37ClFN3O5S/c1-6-28(30(38)34-31(3,4)5)35(20-22-8-10-23(32)11-9-22)29(37)21-36(25-14-16-26(17-15-25)41-7-2)42(39,40)27-18-12-24(33)13-19-27/h8-19,28H,6-7,20-21H2,1-5H3,(H,34,38)/t28-/m1/s1. The molecule has 0 unspecified atom stereocenters. The van der Waals surface area contributed by atoms with Gasteiger partial charge in [0.1, 0.15) is 24.2 Å². The van der Waals surface area contributed by atoms with E-state index in [-0.39, 0.29) is 29.5 Å². The lowest BCUT2D eigenvalue weighted by molar-refractivity contribution is -0.141. The number of halogens is 2. The molecule has 1 N–H and O–H groups in total. The second-order valence-corrected chi connectivity index (χ2v) is 13.0. The molecule has 0 fully saturated rings. The van der Waals surface area contributed by atoms with Gasteiger partial charge in [-0.25, -0.2) is 12.8 Å². The Balaban J connectivity index is 2.07. The molecule has 1 atom stereocenters. The molecule has 0 saturated heterocycles. The van der Waals surface area contributed by atoms with Crippen molar-refractivity contribution in [1.82, 2.24) is 10.2 Å². The van der Waals surface area contributed by atoms with Gasteiger partial charge in [0.15, 0.2) is 0 Å². The first-order valence-electron chi connectivity index (χ1n) is 13.6. The van der Waals surface area contributed by atoms with Crippen molar-refractivity contribution < 1.29 is 27.1 Å². The van der Waals surface area contributed by atoms with Crippen molar-refractivity contribution >= 4 is 39.1 Å². The number of anilines is 1. The van der Waals surface area contributed by atoms with Crippen LogP contribution < -0.4 is 14.4 Å². The van der Waals surface area contributed by atoms with Crippen LogP contribution in [0.2, 0.25) is 5.02 Å². The highest BCUT2D eigenvalue weighted by Gasteiger charge is 2.34. The number of ether oxygens (including phenoxy) is 1. The summed E-state index contributed by atoms with van der Waals surface area (Å²) in [6, 6.07) is 16.6. The molecule has 3 rings (SSSR count). The second kappa shape index (κ2) is 14.0. The van der Waals surface area contributed by atoms with Crippen molar-refractivity contribution in [3.05, 3.63) is 89.2 Å². The maximum Gasteiger partial charge on any atom is 0.264 e. The zero-order chi connectivity index (χ0) is 31.1. The third-order valence-corrected chi connectivity index (χ3v) is 8.31. The average molecular weight is 618 g/mol. The lowest BCUT2D eigenvalue weighted by Gasteiger charge is -2.34. The fourth-order valence-corrected chi connectivity index (χ4v) is 5.84. The predicted molar refractivity (Wildman–Crippen MR) is 163 cm³/mol. The molecular formula is C31H37ClFN3O5S. The van der Waals surface area contributed by atoms with Crippen molar-refractivity contribution in [2.75, 3.05) is 17.5 Å². The Hall–Kier alpha value is -3.63. The van der Waals surface area contributed by atoms with E-state index in [1.165, 1.54) is 17.0 Å². The summed E-state index contributed by atoms with van der Waals surface area (Å²) in [7, 11) is -4.32. The van der Waals surface area contributed by atoms with E-state index in [0.717, 1.165) is 28.6 Å². The van der Waals surface area contributed by atoms with Gasteiger partial charge in [0.05, 0.1) is 17.2 Å². The molecule has 0 radical (unpaired) electrons. The normalized spacial score (nSPS) is 12.4. The van der Waals surface area contributed by atoms with E-state index in [1.54, 1.807) is 43.3 Å². The maximum atomic E-state index is 14.1. The van der Waals surface area contributed by atoms with Gasteiger partial charge in [-0.1, -0.05) is 30.7 Å². The molecule has 0 aliphatic heterocycles. The Morgan fingerprint density at radius 1 is 0.952 bits per heavy atom. The van der Waals surface area contributed by atoms with E-state index < -0.39 is 39.9 Å². The van der Waals surface area contributed by atoms with Crippen LogP contribution in [0.3, 0.4) is 0 Å². The first kappa shape index (κ1) is 32.9. The van der Waals surface area contributed by atoms with Crippen LogP contribution in [0.15, 0.2) is 77.7 Å². The molecule has 2 amide bonds. The lowest BCUT2D eigenvalue weighted by atomic mass is 10.1. The van der Waals surface area contributed by atoms with Crippen molar-refractivity contribution in [2.45, 2.75) is 64.1 Å². The highest BCUT2D eigenvalue weighted by Crippen LogP contribution is 2.27. The topological polar surface area (TPSA) is 96.0 Å². The number of amides is 2. The number of rotatable bonds is 12. The van der Waals surface area contributed by atoms with Crippen molar-refractivity contribution in [2.24, 2.45) is 0 Å². The van der Waals surface area contributed by atoms with E-state index in [1.807, 2.05) is 27.7 Å². The number of sulfonamides is 1. The van der Waals surface area contributed by atoms with Gasteiger partial charge in [0, 0.05) is 17.1 Å². The molecule has 0 saturated carbocycles. The largest absolute Gasteiger partial charge is 0.494 e. The molecule has 226 valence electrons. The summed E-state index contributed by atoms with van der Waals surface area (Å²) in [5.74, 6) is -1.02. The molecule has 8 nitrogen and oxygen atoms in total. The molecule has 42 heavy (non-hydrogen) atoms. The summed E-state index contributed by atoms with van der Waals surface area (Å²) < 4.78 is 47.9. The molecule has 3 aromatic rings. The zero-order valence-electron chi connectivity index (χ0n) is 24.4. The highest BCUT2D eigenvalue weighted by molar-refractivity contribution is 7.92. The summed E-state index contributed by atoms with van der Waals surface area (Å²) in [5.41, 5.74) is 0.360. The number of benzene rings is 3. The van der Waals surface area contributed by atoms with Crippen LogP contribution in [0.25, 0.3) is 0 Å². The van der Waals surface area contributed by atoms with Crippen molar-refractivity contribution in [1.29, 1.82) is 0 Å². The number of carbonyl (C=O) groups is 2. The smallest absolute Gasteiger partial charge is 0.264 e. The fraction of sp³-hybridized carbons (Fsp3) is 0.355. The molecule has 3 aromatic carbocycles. The Bertz CT molecular complexity index is 1460. The van der Waals surface area contributed by atoms with Gasteiger partial charge in [0.2, 0.25) is 11.8 Å². The Labute approximate surface area is 252 Å². The van der Waals surface area contributed by atoms with Gasteiger partial charge in [-0.2, -0.15) is 0 Å². The minimum atomic E-state index is -4.32. The van der Waals surface area contributed by atoms with E-state index in [9.17, 15) is 22.4 Å². The van der Waals surface area contributed by atoms with Crippen molar-refractivity contribution in [3.8, 4) is 5.75 Å². The summed E-state index contributed by atoms with van der Waals surface area (Å²) in [5, 5.41) is 3.44. The van der Waals surface area contributed by atoms with E-state index in [4.69, 9.17) is 16.3 Å². The minimum Gasteiger partial charge on any atom is -0.494 e. The van der Waals surface area contributed by atoms with Gasteiger partial charge >= 0.3 is 0 Å². The summed E-state index contributed by atoms with van der Waals surface area (Å²) >= 11 is 6.06. The van der Waals surface area contributed by atoms with Crippen LogP contribution in [0.1, 0.15) is 46.6 Å². The predicted octanol–water partition coefficient (Wildman–Crippen LogP) is 5.80. The fourth-order valence-electron chi connectivity index (χ4n) is 4.30. The Morgan fingerprint density at radius 2 is 1.55 bits per heavy atom. The van der Waals surface area contributed by atoms with Gasteiger partial charge in [-0.3, -0.25) is 13.9 Å².